The third-order valence-electron chi connectivity index (χ3n) is 16.1. The van der Waals surface area contributed by atoms with Crippen molar-refractivity contribution in [2.75, 3.05) is 75.9 Å². The molecule has 9 N–H and O–H groups in total. The summed E-state index contributed by atoms with van der Waals surface area (Å²) >= 11 is 6.00. The quantitative estimate of drug-likeness (QED) is 0.0159. The molecule has 0 fully saturated rings. The Morgan fingerprint density at radius 2 is 0.816 bits per heavy atom. The maximum atomic E-state index is 13.8. The van der Waals surface area contributed by atoms with E-state index in [-0.39, 0.29) is 168 Å². The van der Waals surface area contributed by atoms with E-state index in [0.717, 1.165) is 22.3 Å². The molecule has 0 saturated carbocycles. The highest BCUT2D eigenvalue weighted by molar-refractivity contribution is 7.54. The number of rotatable bonds is 35. The van der Waals surface area contributed by atoms with Gasteiger partial charge in [0.25, 0.3) is 34.5 Å². The molecule has 41 heteroatoms. The zero-order chi connectivity index (χ0) is 80.4. The van der Waals surface area contributed by atoms with Gasteiger partial charge in [0.05, 0.1) is 58.6 Å². The molecule has 0 saturated heterocycles. The van der Waals surface area contributed by atoms with Crippen molar-refractivity contribution in [3.63, 3.8) is 0 Å². The predicted octanol–water partition coefficient (Wildman–Crippen LogP) is 11.5. The molecule has 9 heterocycles. The number of aromatic amines is 3. The summed E-state index contributed by atoms with van der Waals surface area (Å²) in [4.78, 5) is 67.6. The zero-order valence-corrected chi connectivity index (χ0v) is 64.1. The molecular formula is C73H74ClFN15O21P3. The largest absolute Gasteiger partial charge is 0.431 e. The van der Waals surface area contributed by atoms with Crippen LogP contribution in [0.5, 0.6) is 0 Å². The van der Waals surface area contributed by atoms with Gasteiger partial charge in [0.15, 0.2) is 62.3 Å². The number of H-pyrrole nitrogens is 3. The van der Waals surface area contributed by atoms with E-state index in [1.807, 2.05) is 91.9 Å². The molecule has 11 aromatic rings. The third kappa shape index (κ3) is 22.4. The lowest BCUT2D eigenvalue weighted by molar-refractivity contribution is 0.114. The lowest BCUT2D eigenvalue weighted by Crippen LogP contribution is -2.13. The lowest BCUT2D eigenvalue weighted by Gasteiger charge is -2.19. The summed E-state index contributed by atoms with van der Waals surface area (Å²) in [5, 5.41) is 0.561. The number of nitrogens with two attached hydrogens (primary N) is 3. The van der Waals surface area contributed by atoms with Crippen molar-refractivity contribution >= 4 is 97.2 Å². The van der Waals surface area contributed by atoms with E-state index < -0.39 is 45.3 Å². The Kier molecular flexibility index (Phi) is 27.1. The topological polar surface area (TPSA) is 458 Å². The molecular weight excluding hydrogens is 1570 g/mol. The average Bonchev–Trinajstić information content (AvgIpc) is 1.74. The van der Waals surface area contributed by atoms with Gasteiger partial charge < -0.3 is 87.1 Å². The molecule has 3 atom stereocenters. The summed E-state index contributed by atoms with van der Waals surface area (Å²) in [5.41, 5.74) is 21.7. The van der Waals surface area contributed by atoms with Crippen LogP contribution >= 0.6 is 34.4 Å². The van der Waals surface area contributed by atoms with E-state index >= 15 is 0 Å². The first-order chi connectivity index (χ1) is 54.9. The summed E-state index contributed by atoms with van der Waals surface area (Å²) in [6.45, 7) is 13.4. The fraction of sp³-hybridized carbons (Fsp3) is 0.219. The minimum atomic E-state index is -3.85. The van der Waals surface area contributed by atoms with Crippen molar-refractivity contribution < 1.29 is 87.9 Å². The first kappa shape index (κ1) is 81.8. The molecule has 114 heavy (non-hydrogen) atoms. The minimum Gasteiger partial charge on any atom is -0.431 e. The van der Waals surface area contributed by atoms with Gasteiger partial charge in [-0.05, 0) is 91.9 Å². The summed E-state index contributed by atoms with van der Waals surface area (Å²) in [7, 11) is -11.3. The second-order valence-corrected chi connectivity index (χ2v) is 31.0. The fourth-order valence-corrected chi connectivity index (χ4v) is 14.4. The maximum Gasteiger partial charge on any atom is 0.356 e. The first-order valence-corrected chi connectivity index (χ1v) is 39.9. The van der Waals surface area contributed by atoms with Gasteiger partial charge >= 0.3 is 22.8 Å². The normalized spacial score (nSPS) is 14.9. The molecule has 6 aromatic heterocycles. The molecule has 596 valence electrons. The molecule has 3 unspecified atom stereocenters. The molecule has 36 nitrogen and oxygen atoms in total. The number of hydrogen-bond acceptors (Lipinski definition) is 30. The average molecular weight is 1640 g/mol. The summed E-state index contributed by atoms with van der Waals surface area (Å²) < 4.78 is 143. The van der Waals surface area contributed by atoms with Crippen LogP contribution in [0.15, 0.2) is 228 Å². The predicted molar refractivity (Wildman–Crippen MR) is 413 cm³/mol. The Hall–Kier alpha value is -11.7. The lowest BCUT2D eigenvalue weighted by atomic mass is 10.1. The standard InChI is InChI=1S/C26H25ClN5O7P.C26H25FN5O7P.C21H24N5O7P/c2*1-17-38-21(23(39-17)19-7-9-20(27)10-8-19)14-37-40(34,36-13-18-5-3-2-4-6-18)16-35-12-11-32-15-29-22-24(32)30-26(28)31-25(22)33;1-14-3-5-16(6-4-14)9-31-34(28,32-11-17-10-30-15(2)33-17)13-29-8-7-26-12-23-18-19(26)24-21(22)25-20(18)27/h2*2-10,15H,1,11-14,16H2,(H3,28,30,31,33);3-6,10,12H,2,7-9,11,13H2,1H3,(H3,22,24,25,27). The fourth-order valence-electron chi connectivity index (χ4n) is 10.6. The number of anilines is 3. The molecule has 0 aliphatic carbocycles. The molecule has 0 amide bonds. The summed E-state index contributed by atoms with van der Waals surface area (Å²) in [6, 6.07) is 38.5. The van der Waals surface area contributed by atoms with Crippen molar-refractivity contribution in [1.82, 2.24) is 58.6 Å². The first-order valence-electron chi connectivity index (χ1n) is 34.3. The number of nitrogen functional groups attached to an aromatic ring is 3. The Balaban J connectivity index is 0.000000159. The van der Waals surface area contributed by atoms with Crippen LogP contribution in [0.25, 0.3) is 45.0 Å². The Bertz CT molecular complexity index is 5480. The van der Waals surface area contributed by atoms with Crippen molar-refractivity contribution in [3.05, 3.63) is 289 Å². The summed E-state index contributed by atoms with van der Waals surface area (Å²) in [6.07, 6.45) is 4.61. The van der Waals surface area contributed by atoms with Crippen LogP contribution in [0.4, 0.5) is 22.2 Å². The van der Waals surface area contributed by atoms with Crippen molar-refractivity contribution in [3.8, 4) is 0 Å². The highest BCUT2D eigenvalue weighted by Gasteiger charge is 2.34. The highest BCUT2D eigenvalue weighted by Crippen LogP contribution is 2.52. The molecule has 14 rings (SSSR count). The van der Waals surface area contributed by atoms with Gasteiger partial charge in [0.2, 0.25) is 17.8 Å². The third-order valence-corrected chi connectivity index (χ3v) is 21.0. The van der Waals surface area contributed by atoms with Crippen LogP contribution in [0.3, 0.4) is 0 Å². The van der Waals surface area contributed by atoms with Crippen LogP contribution in [-0.2, 0) is 123 Å². The molecule has 3 aliphatic heterocycles. The number of halogens is 2. The van der Waals surface area contributed by atoms with Crippen LogP contribution < -0.4 is 33.9 Å². The van der Waals surface area contributed by atoms with Crippen molar-refractivity contribution in [1.29, 1.82) is 0 Å². The monoisotopic (exact) mass is 1640 g/mol. The van der Waals surface area contributed by atoms with Gasteiger partial charge in [-0.25, -0.2) is 19.3 Å². The number of nitrogens with one attached hydrogen (secondary N) is 3. The number of benzene rings is 5. The van der Waals surface area contributed by atoms with Gasteiger partial charge in [0, 0.05) is 35.8 Å². The number of hydrogen-bond donors (Lipinski definition) is 6. The number of nitrogens with zero attached hydrogens (tertiary/aromatic N) is 9. The molecule has 3 aliphatic rings. The van der Waals surface area contributed by atoms with Crippen LogP contribution in [0, 0.1) is 12.7 Å². The Morgan fingerprint density at radius 1 is 0.456 bits per heavy atom. The van der Waals surface area contributed by atoms with Gasteiger partial charge in [-0.15, -0.1) is 0 Å². The van der Waals surface area contributed by atoms with Crippen molar-refractivity contribution in [2.45, 2.75) is 46.4 Å². The van der Waals surface area contributed by atoms with Crippen LogP contribution in [0.2, 0.25) is 5.02 Å². The van der Waals surface area contributed by atoms with E-state index in [0.29, 0.717) is 44.6 Å². The molecule has 0 radical (unpaired) electrons. The highest BCUT2D eigenvalue weighted by atomic mass is 35.5. The SMILES string of the molecule is C=C1OC(COP(=O)(COCCn2cnc3c(=O)[nH]c(N)nc32)OCc2ccccc2)=C(c2ccc(Cl)cc2)O1.C=C1OC(COP(=O)(COCCn2cnc3c(=O)[nH]c(N)nc32)OCc2ccccc2)=C(c2ccc(F)cc2)O1.C=C1OC=C(COP(=O)(COCCn2cnc3c(=O)[nH]c(N)nc32)OCc2ccc(C)cc2)O1. The second kappa shape index (κ2) is 37.8. The van der Waals surface area contributed by atoms with Crippen LogP contribution in [-0.4, -0.2) is 117 Å². The number of fused-ring (bicyclic) bond motifs is 3. The van der Waals surface area contributed by atoms with E-state index in [2.05, 4.69) is 64.6 Å². The number of aromatic nitrogens is 12. The zero-order valence-electron chi connectivity index (χ0n) is 60.7. The molecule has 0 spiro atoms. The van der Waals surface area contributed by atoms with Gasteiger partial charge in [0.1, 0.15) is 50.9 Å². The van der Waals surface area contributed by atoms with Gasteiger partial charge in [-0.3, -0.25) is 56.6 Å². The van der Waals surface area contributed by atoms with Gasteiger partial charge in [-0.1, -0.05) is 102 Å². The summed E-state index contributed by atoms with van der Waals surface area (Å²) in [5.74, 6) is 1.06. The Morgan fingerprint density at radius 3 is 1.19 bits per heavy atom. The van der Waals surface area contributed by atoms with E-state index in [9.17, 15) is 32.5 Å². The maximum absolute atomic E-state index is 13.8. The molecule has 0 bridgehead atoms. The van der Waals surface area contributed by atoms with Gasteiger partial charge in [-0.2, -0.15) is 15.0 Å². The number of ether oxygens (including phenoxy) is 9. The second-order valence-electron chi connectivity index (χ2n) is 24.6. The van der Waals surface area contributed by atoms with Crippen molar-refractivity contribution in [2.24, 2.45) is 0 Å². The van der Waals surface area contributed by atoms with E-state index in [1.54, 1.807) is 38.0 Å². The number of aryl methyl sites for hydroxylation is 1. The minimum absolute atomic E-state index is 0.00477. The van der Waals surface area contributed by atoms with E-state index in [1.165, 1.54) is 49.5 Å². The van der Waals surface area contributed by atoms with E-state index in [4.69, 9.17) is 98.6 Å². The number of imidazole rings is 3. The van der Waals surface area contributed by atoms with Crippen LogP contribution in [0.1, 0.15) is 33.4 Å². The smallest absolute Gasteiger partial charge is 0.356 e. The molecule has 5 aromatic carbocycles. The Labute approximate surface area is 651 Å².